The van der Waals surface area contributed by atoms with E-state index < -0.39 is 10.0 Å². The van der Waals surface area contributed by atoms with Gasteiger partial charge in [-0.1, -0.05) is 42.7 Å². The average Bonchev–Trinajstić information content (AvgIpc) is 2.87. The predicted octanol–water partition coefficient (Wildman–Crippen LogP) is 4.93. The Morgan fingerprint density at radius 2 is 1.59 bits per heavy atom. The number of benzene rings is 2. The first kappa shape index (κ1) is 19.9. The monoisotopic (exact) mass is 387 g/mol. The summed E-state index contributed by atoms with van der Waals surface area (Å²) in [5, 5.41) is 0. The molecule has 3 rings (SSSR count). The maximum absolute atomic E-state index is 13.7. The van der Waals surface area contributed by atoms with Gasteiger partial charge < -0.3 is 4.74 Å². The van der Waals surface area contributed by atoms with Crippen molar-refractivity contribution < 1.29 is 13.2 Å². The van der Waals surface area contributed by atoms with Crippen molar-refractivity contribution in [2.75, 3.05) is 13.7 Å². The van der Waals surface area contributed by atoms with Gasteiger partial charge >= 0.3 is 0 Å². The van der Waals surface area contributed by atoms with Crippen molar-refractivity contribution in [2.45, 2.75) is 57.4 Å². The second-order valence-corrected chi connectivity index (χ2v) is 9.31. The van der Waals surface area contributed by atoms with Gasteiger partial charge in [0.1, 0.15) is 5.75 Å². The molecular weight excluding hydrogens is 358 g/mol. The average molecular weight is 388 g/mol. The van der Waals surface area contributed by atoms with E-state index in [0.717, 1.165) is 53.7 Å². The first-order chi connectivity index (χ1) is 12.8. The Morgan fingerprint density at radius 1 is 0.963 bits per heavy atom. The molecule has 0 amide bonds. The van der Waals surface area contributed by atoms with Crippen molar-refractivity contribution in [3.63, 3.8) is 0 Å². The van der Waals surface area contributed by atoms with Crippen LogP contribution in [0.2, 0.25) is 0 Å². The van der Waals surface area contributed by atoms with E-state index in [2.05, 4.69) is 0 Å². The van der Waals surface area contributed by atoms with Crippen molar-refractivity contribution in [2.24, 2.45) is 0 Å². The molecule has 2 aromatic carbocycles. The van der Waals surface area contributed by atoms with Crippen molar-refractivity contribution in [1.82, 2.24) is 4.31 Å². The minimum atomic E-state index is -3.57. The summed E-state index contributed by atoms with van der Waals surface area (Å²) in [7, 11) is -1.94. The van der Waals surface area contributed by atoms with Gasteiger partial charge in [-0.05, 0) is 62.4 Å². The molecule has 0 unspecified atom stereocenters. The topological polar surface area (TPSA) is 46.6 Å². The smallest absolute Gasteiger partial charge is 0.244 e. The van der Waals surface area contributed by atoms with E-state index in [-0.39, 0.29) is 6.04 Å². The Kier molecular flexibility index (Phi) is 5.92. The van der Waals surface area contributed by atoms with Gasteiger partial charge in [-0.15, -0.1) is 0 Å². The molecule has 1 fully saturated rings. The zero-order chi connectivity index (χ0) is 19.6. The molecule has 0 aromatic heterocycles. The molecule has 0 aliphatic carbocycles. The molecule has 1 saturated heterocycles. The van der Waals surface area contributed by atoms with Crippen molar-refractivity contribution >= 4 is 10.0 Å². The van der Waals surface area contributed by atoms with Gasteiger partial charge in [0.15, 0.2) is 0 Å². The number of aryl methyl sites for hydroxylation is 3. The first-order valence-corrected chi connectivity index (χ1v) is 11.0. The predicted molar refractivity (Wildman–Crippen MR) is 109 cm³/mol. The van der Waals surface area contributed by atoms with E-state index >= 15 is 0 Å². The van der Waals surface area contributed by atoms with Gasteiger partial charge in [0.2, 0.25) is 10.0 Å². The summed E-state index contributed by atoms with van der Waals surface area (Å²) in [6.07, 6.45) is 3.84. The third-order valence-corrected chi connectivity index (χ3v) is 7.59. The van der Waals surface area contributed by atoms with Crippen LogP contribution >= 0.6 is 0 Å². The molecule has 146 valence electrons. The van der Waals surface area contributed by atoms with E-state index in [1.54, 1.807) is 11.4 Å². The van der Waals surface area contributed by atoms with Crippen LogP contribution in [-0.4, -0.2) is 26.4 Å². The SMILES string of the molecule is COc1ccc([C@H]2CCCCCN2S(=O)(=O)c2c(C)cc(C)cc2C)cc1. The molecule has 0 N–H and O–H groups in total. The van der Waals surface area contributed by atoms with Gasteiger partial charge in [-0.2, -0.15) is 4.31 Å². The van der Waals surface area contributed by atoms with Crippen LogP contribution in [0.15, 0.2) is 41.3 Å². The normalized spacial score (nSPS) is 18.9. The third kappa shape index (κ3) is 4.04. The molecule has 0 spiro atoms. The van der Waals surface area contributed by atoms with Crippen LogP contribution in [-0.2, 0) is 10.0 Å². The lowest BCUT2D eigenvalue weighted by Gasteiger charge is -2.31. The van der Waals surface area contributed by atoms with Gasteiger partial charge in [-0.25, -0.2) is 8.42 Å². The fourth-order valence-corrected chi connectivity index (χ4v) is 6.32. The highest BCUT2D eigenvalue weighted by Gasteiger charge is 2.35. The standard InChI is InChI=1S/C22H29NO3S/c1-16-14-17(2)22(18(3)15-16)27(24,25)23-13-7-5-6-8-21(23)19-9-11-20(26-4)12-10-19/h9-12,14-15,21H,5-8,13H2,1-4H3/t21-/m1/s1. The summed E-state index contributed by atoms with van der Waals surface area (Å²) in [5.74, 6) is 0.784. The quantitative estimate of drug-likeness (QED) is 0.747. The molecule has 1 aliphatic rings. The maximum atomic E-state index is 13.7. The molecule has 2 aromatic rings. The second-order valence-electron chi connectivity index (χ2n) is 7.48. The lowest BCUT2D eigenvalue weighted by Crippen LogP contribution is -2.35. The fourth-order valence-electron chi connectivity index (χ4n) is 4.22. The number of sulfonamides is 1. The third-order valence-electron chi connectivity index (χ3n) is 5.38. The molecule has 27 heavy (non-hydrogen) atoms. The molecule has 1 aliphatic heterocycles. The lowest BCUT2D eigenvalue weighted by molar-refractivity contribution is 0.328. The molecule has 1 atom stereocenters. The fraction of sp³-hybridized carbons (Fsp3) is 0.455. The second kappa shape index (κ2) is 8.03. The zero-order valence-electron chi connectivity index (χ0n) is 16.7. The van der Waals surface area contributed by atoms with Gasteiger partial charge in [-0.3, -0.25) is 0 Å². The Morgan fingerprint density at radius 3 is 2.19 bits per heavy atom. The highest BCUT2D eigenvalue weighted by molar-refractivity contribution is 7.89. The van der Waals surface area contributed by atoms with E-state index in [0.29, 0.717) is 11.4 Å². The molecule has 0 bridgehead atoms. The first-order valence-electron chi connectivity index (χ1n) is 9.58. The van der Waals surface area contributed by atoms with Crippen LogP contribution in [0.25, 0.3) is 0 Å². The van der Waals surface area contributed by atoms with E-state index in [1.807, 2.05) is 57.2 Å². The van der Waals surface area contributed by atoms with Gasteiger partial charge in [0, 0.05) is 6.54 Å². The van der Waals surface area contributed by atoms with Gasteiger partial charge in [0.05, 0.1) is 18.0 Å². The Labute approximate surface area is 163 Å². The molecule has 0 saturated carbocycles. The number of hydrogen-bond acceptors (Lipinski definition) is 3. The number of rotatable bonds is 4. The maximum Gasteiger partial charge on any atom is 0.244 e. The zero-order valence-corrected chi connectivity index (χ0v) is 17.5. The lowest BCUT2D eigenvalue weighted by atomic mass is 10.0. The van der Waals surface area contributed by atoms with E-state index in [9.17, 15) is 8.42 Å². The van der Waals surface area contributed by atoms with E-state index in [1.165, 1.54) is 0 Å². The van der Waals surface area contributed by atoms with E-state index in [4.69, 9.17) is 4.74 Å². The minimum absolute atomic E-state index is 0.136. The number of hydrogen-bond donors (Lipinski definition) is 0. The Balaban J connectivity index is 2.07. The van der Waals surface area contributed by atoms with Crippen molar-refractivity contribution in [3.05, 3.63) is 58.7 Å². The van der Waals surface area contributed by atoms with Gasteiger partial charge in [0.25, 0.3) is 0 Å². The number of methoxy groups -OCH3 is 1. The number of ether oxygens (including phenoxy) is 1. The van der Waals surface area contributed by atoms with Crippen LogP contribution in [0.3, 0.4) is 0 Å². The summed E-state index contributed by atoms with van der Waals surface area (Å²) in [5.41, 5.74) is 3.77. The van der Waals surface area contributed by atoms with Crippen molar-refractivity contribution in [3.8, 4) is 5.75 Å². The molecule has 0 radical (unpaired) electrons. The molecule has 1 heterocycles. The molecular formula is C22H29NO3S. The minimum Gasteiger partial charge on any atom is -0.497 e. The van der Waals surface area contributed by atoms with Crippen LogP contribution in [0, 0.1) is 20.8 Å². The summed E-state index contributed by atoms with van der Waals surface area (Å²) in [4.78, 5) is 0.466. The van der Waals surface area contributed by atoms with Crippen LogP contribution in [0.4, 0.5) is 0 Å². The molecule has 4 nitrogen and oxygen atoms in total. The van der Waals surface area contributed by atoms with Crippen LogP contribution in [0.1, 0.15) is 54.0 Å². The van der Waals surface area contributed by atoms with Crippen LogP contribution in [0.5, 0.6) is 5.75 Å². The Hall–Kier alpha value is -1.85. The summed E-state index contributed by atoms with van der Waals surface area (Å²) in [6, 6.07) is 11.6. The summed E-state index contributed by atoms with van der Waals surface area (Å²) in [6.45, 7) is 6.36. The Bertz CT molecular complexity index is 881. The highest BCUT2D eigenvalue weighted by atomic mass is 32.2. The van der Waals surface area contributed by atoms with Crippen LogP contribution < -0.4 is 4.74 Å². The molecule has 5 heteroatoms. The highest BCUT2D eigenvalue weighted by Crippen LogP contribution is 2.37. The summed E-state index contributed by atoms with van der Waals surface area (Å²) >= 11 is 0. The summed E-state index contributed by atoms with van der Waals surface area (Å²) < 4.78 is 34.4. The number of nitrogens with zero attached hydrogens (tertiary/aromatic N) is 1. The van der Waals surface area contributed by atoms with Crippen molar-refractivity contribution in [1.29, 1.82) is 0 Å². The largest absolute Gasteiger partial charge is 0.497 e.